The molecule has 0 aliphatic heterocycles. The number of aryl methyl sites for hydroxylation is 1. The van der Waals surface area contributed by atoms with E-state index < -0.39 is 5.97 Å². The van der Waals surface area contributed by atoms with Crippen LogP contribution >= 0.6 is 0 Å². The molecule has 0 radical (unpaired) electrons. The van der Waals surface area contributed by atoms with Gasteiger partial charge < -0.3 is 5.11 Å². The highest BCUT2D eigenvalue weighted by Crippen LogP contribution is 2.17. The quantitative estimate of drug-likeness (QED) is 0.930. The molecule has 0 unspecified atom stereocenters. The molecule has 4 nitrogen and oxygen atoms in total. The van der Waals surface area contributed by atoms with Crippen LogP contribution in [-0.4, -0.2) is 15.6 Å². The maximum atomic E-state index is 12.3. The van der Waals surface area contributed by atoms with Gasteiger partial charge in [-0.3, -0.25) is 9.36 Å². The van der Waals surface area contributed by atoms with E-state index in [0.717, 1.165) is 6.42 Å². The van der Waals surface area contributed by atoms with Crippen LogP contribution in [0.3, 0.4) is 0 Å². The van der Waals surface area contributed by atoms with Crippen LogP contribution in [-0.2, 0) is 6.42 Å². The molecule has 0 fully saturated rings. The Balaban J connectivity index is 2.75. The van der Waals surface area contributed by atoms with Gasteiger partial charge in [-0.2, -0.15) is 0 Å². The summed E-state index contributed by atoms with van der Waals surface area (Å²) in [4.78, 5) is 23.8. The minimum Gasteiger partial charge on any atom is -0.478 e. The molecule has 0 aliphatic carbocycles. The molecule has 0 spiro atoms. The van der Waals surface area contributed by atoms with Crippen molar-refractivity contribution in [1.82, 2.24) is 4.57 Å². The van der Waals surface area contributed by atoms with Gasteiger partial charge in [-0.1, -0.05) is 31.5 Å². The highest BCUT2D eigenvalue weighted by molar-refractivity contribution is 5.90. The van der Waals surface area contributed by atoms with E-state index in [0.29, 0.717) is 23.4 Å². The van der Waals surface area contributed by atoms with E-state index >= 15 is 0 Å². The van der Waals surface area contributed by atoms with Gasteiger partial charge in [0.1, 0.15) is 0 Å². The number of rotatable bonds is 4. The third-order valence-electron chi connectivity index (χ3n) is 3.28. The molecular weight excluding hydrogens is 254 g/mol. The number of hydrogen-bond acceptors (Lipinski definition) is 2. The van der Waals surface area contributed by atoms with Crippen LogP contribution in [0.4, 0.5) is 0 Å². The van der Waals surface area contributed by atoms with Crippen LogP contribution < -0.4 is 5.56 Å². The fourth-order valence-corrected chi connectivity index (χ4v) is 2.45. The van der Waals surface area contributed by atoms with Crippen molar-refractivity contribution in [2.24, 2.45) is 0 Å². The Bertz CT molecular complexity index is 687. The lowest BCUT2D eigenvalue weighted by Crippen LogP contribution is -2.24. The number of pyridine rings is 1. The number of carboxylic acids is 1. The minimum atomic E-state index is -0.990. The Morgan fingerprint density at radius 1 is 1.25 bits per heavy atom. The second-order valence-electron chi connectivity index (χ2n) is 4.69. The Labute approximate surface area is 117 Å². The van der Waals surface area contributed by atoms with E-state index in [-0.39, 0.29) is 11.1 Å². The molecule has 0 saturated carbocycles. The van der Waals surface area contributed by atoms with Crippen molar-refractivity contribution in [2.45, 2.75) is 26.7 Å². The van der Waals surface area contributed by atoms with Gasteiger partial charge in [-0.05, 0) is 31.0 Å². The summed E-state index contributed by atoms with van der Waals surface area (Å²) in [5.41, 5.74) is 1.80. The number of hydrogen-bond donors (Lipinski definition) is 1. The van der Waals surface area contributed by atoms with Gasteiger partial charge in [0.15, 0.2) is 0 Å². The van der Waals surface area contributed by atoms with Gasteiger partial charge in [0.2, 0.25) is 0 Å². The Kier molecular flexibility index (Phi) is 4.03. The number of carboxylic acid groups (broad SMARTS) is 1. The molecule has 0 atom stereocenters. The zero-order valence-electron chi connectivity index (χ0n) is 11.6. The van der Waals surface area contributed by atoms with E-state index in [9.17, 15) is 14.7 Å². The molecule has 0 bridgehead atoms. The average Bonchev–Trinajstić information content (AvgIpc) is 2.39. The van der Waals surface area contributed by atoms with E-state index in [1.54, 1.807) is 19.1 Å². The first-order chi connectivity index (χ1) is 9.56. The standard InChI is InChI=1S/C16H17NO3/c1-3-7-12-10-14(18)17(11(2)15(12)16(19)20)13-8-5-4-6-9-13/h4-6,8-10H,3,7H2,1-2H3,(H,19,20). The molecule has 1 aromatic carbocycles. The first-order valence-electron chi connectivity index (χ1n) is 6.60. The largest absolute Gasteiger partial charge is 0.478 e. The first-order valence-corrected chi connectivity index (χ1v) is 6.60. The summed E-state index contributed by atoms with van der Waals surface area (Å²) in [6, 6.07) is 10.5. The highest BCUT2D eigenvalue weighted by atomic mass is 16.4. The Morgan fingerprint density at radius 3 is 2.45 bits per heavy atom. The molecule has 0 amide bonds. The maximum absolute atomic E-state index is 12.3. The highest BCUT2D eigenvalue weighted by Gasteiger charge is 2.18. The summed E-state index contributed by atoms with van der Waals surface area (Å²) < 4.78 is 1.45. The van der Waals surface area contributed by atoms with Gasteiger partial charge in [-0.25, -0.2) is 4.79 Å². The van der Waals surface area contributed by atoms with Crippen molar-refractivity contribution in [3.05, 3.63) is 63.6 Å². The zero-order valence-corrected chi connectivity index (χ0v) is 11.6. The Hall–Kier alpha value is -2.36. The Morgan fingerprint density at radius 2 is 1.90 bits per heavy atom. The van der Waals surface area contributed by atoms with Crippen LogP contribution in [0.5, 0.6) is 0 Å². The lowest BCUT2D eigenvalue weighted by molar-refractivity contribution is 0.0694. The molecule has 104 valence electrons. The lowest BCUT2D eigenvalue weighted by Gasteiger charge is -2.15. The van der Waals surface area contributed by atoms with Gasteiger partial charge in [0.05, 0.1) is 5.56 Å². The van der Waals surface area contributed by atoms with Gasteiger partial charge in [0, 0.05) is 17.4 Å². The third-order valence-corrected chi connectivity index (χ3v) is 3.28. The molecule has 0 saturated heterocycles. The van der Waals surface area contributed by atoms with Gasteiger partial charge >= 0.3 is 5.97 Å². The molecule has 0 aliphatic rings. The second kappa shape index (κ2) is 5.74. The molecule has 1 aromatic heterocycles. The second-order valence-corrected chi connectivity index (χ2v) is 4.69. The summed E-state index contributed by atoms with van der Waals surface area (Å²) in [6.45, 7) is 3.64. The van der Waals surface area contributed by atoms with Crippen LogP contribution in [0.1, 0.15) is 35.0 Å². The number of aromatic nitrogens is 1. The monoisotopic (exact) mass is 271 g/mol. The first kappa shape index (κ1) is 14.1. The van der Waals surface area contributed by atoms with Crippen molar-refractivity contribution in [3.8, 4) is 5.69 Å². The SMILES string of the molecule is CCCc1cc(=O)n(-c2ccccc2)c(C)c1C(=O)O. The minimum absolute atomic E-state index is 0.192. The van der Waals surface area contributed by atoms with Crippen molar-refractivity contribution in [2.75, 3.05) is 0 Å². The lowest BCUT2D eigenvalue weighted by atomic mass is 10.0. The fraction of sp³-hybridized carbons (Fsp3) is 0.250. The van der Waals surface area contributed by atoms with Crippen molar-refractivity contribution in [3.63, 3.8) is 0 Å². The maximum Gasteiger partial charge on any atom is 0.337 e. The summed E-state index contributed by atoms with van der Waals surface area (Å²) in [6.07, 6.45) is 1.39. The molecule has 4 heteroatoms. The summed E-state index contributed by atoms with van der Waals surface area (Å²) in [5.74, 6) is -0.990. The summed E-state index contributed by atoms with van der Waals surface area (Å²) in [5, 5.41) is 9.42. The van der Waals surface area contributed by atoms with Crippen LogP contribution in [0, 0.1) is 6.92 Å². The molecule has 1 N–H and O–H groups in total. The van der Waals surface area contributed by atoms with E-state index in [2.05, 4.69) is 0 Å². The van der Waals surface area contributed by atoms with E-state index in [1.165, 1.54) is 10.6 Å². The molecule has 2 aromatic rings. The average molecular weight is 271 g/mol. The number of carbonyl (C=O) groups is 1. The smallest absolute Gasteiger partial charge is 0.337 e. The predicted molar refractivity (Wildman–Crippen MR) is 77.7 cm³/mol. The van der Waals surface area contributed by atoms with Crippen LogP contribution in [0.2, 0.25) is 0 Å². The third kappa shape index (κ3) is 2.50. The summed E-state index contributed by atoms with van der Waals surface area (Å²) >= 11 is 0. The number of para-hydroxylation sites is 1. The molecule has 20 heavy (non-hydrogen) atoms. The fourth-order valence-electron chi connectivity index (χ4n) is 2.45. The predicted octanol–water partition coefficient (Wildman–Crippen LogP) is 2.80. The van der Waals surface area contributed by atoms with E-state index in [1.807, 2.05) is 25.1 Å². The van der Waals surface area contributed by atoms with E-state index in [4.69, 9.17) is 0 Å². The number of benzene rings is 1. The van der Waals surface area contributed by atoms with Crippen LogP contribution in [0.15, 0.2) is 41.2 Å². The van der Waals surface area contributed by atoms with Gasteiger partial charge in [0.25, 0.3) is 5.56 Å². The van der Waals surface area contributed by atoms with Gasteiger partial charge in [-0.15, -0.1) is 0 Å². The normalized spacial score (nSPS) is 10.5. The van der Waals surface area contributed by atoms with Crippen molar-refractivity contribution < 1.29 is 9.90 Å². The number of aromatic carboxylic acids is 1. The molecule has 2 rings (SSSR count). The van der Waals surface area contributed by atoms with Crippen LogP contribution in [0.25, 0.3) is 5.69 Å². The molecular formula is C16H17NO3. The number of nitrogens with zero attached hydrogens (tertiary/aromatic N) is 1. The van der Waals surface area contributed by atoms with Crippen molar-refractivity contribution in [1.29, 1.82) is 0 Å². The zero-order chi connectivity index (χ0) is 14.7. The summed E-state index contributed by atoms with van der Waals surface area (Å²) in [7, 11) is 0. The molecule has 1 heterocycles. The topological polar surface area (TPSA) is 59.3 Å². The van der Waals surface area contributed by atoms with Crippen molar-refractivity contribution >= 4 is 5.97 Å².